The third-order valence-corrected chi connectivity index (χ3v) is 4.59. The van der Waals surface area contributed by atoms with Crippen molar-refractivity contribution < 1.29 is 0 Å². The molecule has 1 atom stereocenters. The second-order valence-corrected chi connectivity index (χ2v) is 6.48. The summed E-state index contributed by atoms with van der Waals surface area (Å²) in [4.78, 5) is 2.63. The van der Waals surface area contributed by atoms with Gasteiger partial charge in [-0.25, -0.2) is 0 Å². The van der Waals surface area contributed by atoms with E-state index in [4.69, 9.17) is 0 Å². The van der Waals surface area contributed by atoms with Gasteiger partial charge >= 0.3 is 0 Å². The van der Waals surface area contributed by atoms with E-state index in [0.717, 1.165) is 6.04 Å². The fourth-order valence-corrected chi connectivity index (χ4v) is 3.19. The summed E-state index contributed by atoms with van der Waals surface area (Å²) in [5, 5.41) is 3.58. The van der Waals surface area contributed by atoms with Crippen molar-refractivity contribution >= 4 is 0 Å². The third-order valence-electron chi connectivity index (χ3n) is 4.59. The Labute approximate surface area is 121 Å². The molecule has 114 valence electrons. The average Bonchev–Trinajstić information content (AvgIpc) is 2.70. The third kappa shape index (κ3) is 7.94. The fraction of sp³-hybridized carbons (Fsp3) is 1.00. The van der Waals surface area contributed by atoms with Crippen molar-refractivity contribution in [3.8, 4) is 0 Å². The van der Waals surface area contributed by atoms with Crippen LogP contribution in [0.1, 0.15) is 78.1 Å². The maximum absolute atomic E-state index is 3.58. The van der Waals surface area contributed by atoms with E-state index in [1.807, 2.05) is 0 Å². The van der Waals surface area contributed by atoms with Crippen LogP contribution in [0.15, 0.2) is 0 Å². The number of unbranched alkanes of at least 4 members (excludes halogenated alkanes) is 1. The topological polar surface area (TPSA) is 15.3 Å². The molecule has 1 aliphatic carbocycles. The first-order valence-electron chi connectivity index (χ1n) is 8.67. The van der Waals surface area contributed by atoms with Crippen LogP contribution in [0.25, 0.3) is 0 Å². The first-order valence-corrected chi connectivity index (χ1v) is 8.67. The molecule has 0 amide bonds. The predicted molar refractivity (Wildman–Crippen MR) is 85.7 cm³/mol. The van der Waals surface area contributed by atoms with Gasteiger partial charge in [0.25, 0.3) is 0 Å². The van der Waals surface area contributed by atoms with E-state index < -0.39 is 0 Å². The van der Waals surface area contributed by atoms with Crippen LogP contribution in [-0.4, -0.2) is 37.1 Å². The van der Waals surface area contributed by atoms with Crippen molar-refractivity contribution in [2.45, 2.75) is 90.1 Å². The molecular formula is C17H36N2. The van der Waals surface area contributed by atoms with Crippen molar-refractivity contribution in [1.82, 2.24) is 10.2 Å². The highest BCUT2D eigenvalue weighted by Gasteiger charge is 2.16. The van der Waals surface area contributed by atoms with Gasteiger partial charge in [0.15, 0.2) is 0 Å². The van der Waals surface area contributed by atoms with Crippen molar-refractivity contribution in [2.75, 3.05) is 20.1 Å². The molecule has 0 spiro atoms. The molecule has 1 fully saturated rings. The normalized spacial score (nSPS) is 19.6. The van der Waals surface area contributed by atoms with E-state index in [9.17, 15) is 0 Å². The van der Waals surface area contributed by atoms with Crippen LogP contribution in [0.5, 0.6) is 0 Å². The zero-order valence-corrected chi connectivity index (χ0v) is 13.6. The van der Waals surface area contributed by atoms with Crippen LogP contribution in [-0.2, 0) is 0 Å². The molecule has 0 aromatic carbocycles. The fourth-order valence-electron chi connectivity index (χ4n) is 3.19. The molecule has 1 rings (SSSR count). The Morgan fingerprint density at radius 3 is 2.42 bits per heavy atom. The van der Waals surface area contributed by atoms with Gasteiger partial charge in [-0.2, -0.15) is 0 Å². The summed E-state index contributed by atoms with van der Waals surface area (Å²) in [6.07, 6.45) is 14.0. The van der Waals surface area contributed by atoms with E-state index in [1.165, 1.54) is 77.3 Å². The Kier molecular flexibility index (Phi) is 9.54. The molecule has 0 heterocycles. The number of nitrogens with one attached hydrogen (secondary N) is 1. The molecule has 2 heteroatoms. The van der Waals surface area contributed by atoms with Crippen LogP contribution in [0, 0.1) is 0 Å². The van der Waals surface area contributed by atoms with Gasteiger partial charge < -0.3 is 10.2 Å². The molecule has 0 aromatic heterocycles. The zero-order chi connectivity index (χ0) is 13.9. The second-order valence-electron chi connectivity index (χ2n) is 6.48. The minimum atomic E-state index is 0.697. The zero-order valence-electron chi connectivity index (χ0n) is 13.6. The molecule has 1 saturated carbocycles. The summed E-state index contributed by atoms with van der Waals surface area (Å²) < 4.78 is 0. The van der Waals surface area contributed by atoms with Crippen LogP contribution < -0.4 is 5.32 Å². The molecule has 0 bridgehead atoms. The minimum Gasteiger partial charge on any atom is -0.314 e. The molecule has 1 unspecified atom stereocenters. The van der Waals surface area contributed by atoms with Gasteiger partial charge in [-0.15, -0.1) is 0 Å². The first-order chi connectivity index (χ1) is 9.24. The number of hydrogen-bond donors (Lipinski definition) is 1. The van der Waals surface area contributed by atoms with Crippen molar-refractivity contribution in [3.63, 3.8) is 0 Å². The van der Waals surface area contributed by atoms with Crippen LogP contribution in [0.2, 0.25) is 0 Å². The summed E-state index contributed by atoms with van der Waals surface area (Å²) in [5.74, 6) is 0. The van der Waals surface area contributed by atoms with Crippen molar-refractivity contribution in [1.29, 1.82) is 0 Å². The highest BCUT2D eigenvalue weighted by atomic mass is 15.1. The Hall–Kier alpha value is -0.0800. The average molecular weight is 268 g/mol. The quantitative estimate of drug-likeness (QED) is 0.498. The summed E-state index contributed by atoms with van der Waals surface area (Å²) >= 11 is 0. The van der Waals surface area contributed by atoms with Gasteiger partial charge in [0, 0.05) is 12.1 Å². The highest BCUT2D eigenvalue weighted by molar-refractivity contribution is 4.72. The molecule has 0 saturated heterocycles. The van der Waals surface area contributed by atoms with Crippen LogP contribution in [0.3, 0.4) is 0 Å². The van der Waals surface area contributed by atoms with Gasteiger partial charge in [-0.3, -0.25) is 0 Å². The maximum Gasteiger partial charge on any atom is 0.00922 e. The predicted octanol–water partition coefficient (Wildman–Crippen LogP) is 4.20. The van der Waals surface area contributed by atoms with Crippen molar-refractivity contribution in [2.24, 2.45) is 0 Å². The van der Waals surface area contributed by atoms with Gasteiger partial charge in [-0.05, 0) is 59.2 Å². The summed E-state index contributed by atoms with van der Waals surface area (Å²) in [6.45, 7) is 7.03. The van der Waals surface area contributed by atoms with Crippen molar-refractivity contribution in [3.05, 3.63) is 0 Å². The SMILES string of the molecule is CCCNC(C)CCCCN(C)C1CCCCCC1. The number of hydrogen-bond acceptors (Lipinski definition) is 2. The molecular weight excluding hydrogens is 232 g/mol. The van der Waals surface area contributed by atoms with Crippen LogP contribution in [0.4, 0.5) is 0 Å². The van der Waals surface area contributed by atoms with E-state index in [0.29, 0.717) is 6.04 Å². The lowest BCUT2D eigenvalue weighted by Gasteiger charge is -2.27. The largest absolute Gasteiger partial charge is 0.314 e. The van der Waals surface area contributed by atoms with E-state index >= 15 is 0 Å². The summed E-state index contributed by atoms with van der Waals surface area (Å²) in [5.41, 5.74) is 0. The lowest BCUT2D eigenvalue weighted by atomic mass is 10.1. The standard InChI is InChI=1S/C17H36N2/c1-4-14-18-16(2)11-9-10-15-19(3)17-12-7-5-6-8-13-17/h16-18H,4-15H2,1-3H3. The Morgan fingerprint density at radius 1 is 1.11 bits per heavy atom. The van der Waals surface area contributed by atoms with E-state index in [1.54, 1.807) is 0 Å². The smallest absolute Gasteiger partial charge is 0.00922 e. The molecule has 2 nitrogen and oxygen atoms in total. The van der Waals surface area contributed by atoms with Crippen LogP contribution >= 0.6 is 0 Å². The molecule has 0 radical (unpaired) electrons. The maximum atomic E-state index is 3.58. The Balaban J connectivity index is 2.04. The molecule has 1 aliphatic rings. The highest BCUT2D eigenvalue weighted by Crippen LogP contribution is 2.21. The minimum absolute atomic E-state index is 0.697. The second kappa shape index (κ2) is 10.7. The van der Waals surface area contributed by atoms with Gasteiger partial charge in [0.05, 0.1) is 0 Å². The Bertz CT molecular complexity index is 197. The van der Waals surface area contributed by atoms with E-state index in [2.05, 4.69) is 31.1 Å². The first kappa shape index (κ1) is 17.0. The lowest BCUT2D eigenvalue weighted by Crippen LogP contribution is -2.32. The number of nitrogens with zero attached hydrogens (tertiary/aromatic N) is 1. The number of rotatable bonds is 9. The lowest BCUT2D eigenvalue weighted by molar-refractivity contribution is 0.216. The molecule has 1 N–H and O–H groups in total. The molecule has 0 aliphatic heterocycles. The molecule has 0 aromatic rings. The monoisotopic (exact) mass is 268 g/mol. The molecule has 19 heavy (non-hydrogen) atoms. The van der Waals surface area contributed by atoms with Gasteiger partial charge in [0.1, 0.15) is 0 Å². The van der Waals surface area contributed by atoms with E-state index in [-0.39, 0.29) is 0 Å². The Morgan fingerprint density at radius 2 is 1.79 bits per heavy atom. The summed E-state index contributed by atoms with van der Waals surface area (Å²) in [7, 11) is 2.34. The summed E-state index contributed by atoms with van der Waals surface area (Å²) in [6, 6.07) is 1.57. The van der Waals surface area contributed by atoms with Gasteiger partial charge in [0.2, 0.25) is 0 Å². The van der Waals surface area contributed by atoms with Gasteiger partial charge in [-0.1, -0.05) is 39.0 Å².